The fourth-order valence-corrected chi connectivity index (χ4v) is 3.31. The fraction of sp³-hybridized carbons (Fsp3) is 0.933. The predicted molar refractivity (Wildman–Crippen MR) is 153 cm³/mol. The van der Waals surface area contributed by atoms with Crippen LogP contribution in [0.25, 0.3) is 0 Å². The molecule has 0 fully saturated rings. The van der Waals surface area contributed by atoms with E-state index < -0.39 is 11.2 Å². The van der Waals surface area contributed by atoms with E-state index in [9.17, 15) is 9.59 Å². The van der Waals surface area contributed by atoms with E-state index in [1.54, 1.807) is 0 Å². The Bertz CT molecular complexity index is 525. The van der Waals surface area contributed by atoms with Gasteiger partial charge in [-0.1, -0.05) is 59.8 Å². The minimum atomic E-state index is -0.450. The third-order valence-electron chi connectivity index (χ3n) is 4.83. The molecule has 0 aromatic carbocycles. The van der Waals surface area contributed by atoms with E-state index in [0.29, 0.717) is 0 Å². The Balaban J connectivity index is -0.000000192. The van der Waals surface area contributed by atoms with E-state index in [4.69, 9.17) is 19.7 Å². The molecule has 0 aliphatic rings. The third kappa shape index (κ3) is 46.2. The molecule has 0 aromatic rings. The molecule has 0 saturated carbocycles. The summed E-state index contributed by atoms with van der Waals surface area (Å²) < 4.78 is 10.1. The molecule has 36 heavy (non-hydrogen) atoms. The second-order valence-electron chi connectivity index (χ2n) is 12.0. The zero-order valence-corrected chi connectivity index (χ0v) is 26.6. The fourth-order valence-electron chi connectivity index (χ4n) is 3.31. The van der Waals surface area contributed by atoms with Crippen LogP contribution in [0.5, 0.6) is 0 Å². The summed E-state index contributed by atoms with van der Waals surface area (Å²) in [6.07, 6.45) is 10.3. The predicted octanol–water partition coefficient (Wildman–Crippen LogP) is 8.15. The van der Waals surface area contributed by atoms with Gasteiger partial charge in [0.2, 0.25) is 0 Å². The van der Waals surface area contributed by atoms with Crippen molar-refractivity contribution in [1.29, 1.82) is 0 Å². The molecule has 2 N–H and O–H groups in total. The standard InChI is InChI=1S/C9H18O2.C8H16O2.C7H16O.C6H14O/c1-5-6-7-9(3,4)11-8(2)10;1-5-6-8(3,4)10-7(2)9;1-4-5-6-7(2,3)8;1-4-5-6(2,3)7/h5-7H2,1-4H3;5-6H2,1-4H3;8H,4-6H2,1-3H3;7H,4-5H2,1-3H3. The van der Waals surface area contributed by atoms with E-state index in [1.165, 1.54) is 20.3 Å². The number of carbonyl (C=O) groups excluding carboxylic acids is 2. The van der Waals surface area contributed by atoms with Crippen molar-refractivity contribution < 1.29 is 29.3 Å². The van der Waals surface area contributed by atoms with Crippen molar-refractivity contribution in [3.63, 3.8) is 0 Å². The van der Waals surface area contributed by atoms with Crippen molar-refractivity contribution in [2.24, 2.45) is 0 Å². The van der Waals surface area contributed by atoms with Gasteiger partial charge < -0.3 is 19.7 Å². The summed E-state index contributed by atoms with van der Waals surface area (Å²) in [5.41, 5.74) is -1.45. The van der Waals surface area contributed by atoms with Gasteiger partial charge in [-0.2, -0.15) is 0 Å². The maximum atomic E-state index is 10.6. The Kier molecular flexibility index (Phi) is 25.5. The first-order chi connectivity index (χ1) is 16.1. The van der Waals surface area contributed by atoms with Crippen molar-refractivity contribution in [2.75, 3.05) is 0 Å². The van der Waals surface area contributed by atoms with Crippen LogP contribution >= 0.6 is 0 Å². The molecule has 0 aliphatic carbocycles. The maximum Gasteiger partial charge on any atom is 0.303 e. The molecule has 0 atom stereocenters. The monoisotopic (exact) mass is 520 g/mol. The summed E-state index contributed by atoms with van der Waals surface area (Å²) in [4.78, 5) is 21.1. The summed E-state index contributed by atoms with van der Waals surface area (Å²) >= 11 is 0. The molecule has 6 heteroatoms. The van der Waals surface area contributed by atoms with Gasteiger partial charge in [0, 0.05) is 13.8 Å². The molecule has 0 aliphatic heterocycles. The van der Waals surface area contributed by atoms with Crippen LogP contribution < -0.4 is 0 Å². The van der Waals surface area contributed by atoms with Gasteiger partial charge in [0.15, 0.2) is 0 Å². The average Bonchev–Trinajstić information content (AvgIpc) is 2.62. The van der Waals surface area contributed by atoms with Crippen LogP contribution in [0.15, 0.2) is 0 Å². The van der Waals surface area contributed by atoms with Crippen molar-refractivity contribution in [3.05, 3.63) is 0 Å². The molecule has 0 heterocycles. The summed E-state index contributed by atoms with van der Waals surface area (Å²) in [5, 5.41) is 18.2. The van der Waals surface area contributed by atoms with Gasteiger partial charge in [0.1, 0.15) is 11.2 Å². The number of unbranched alkanes of at least 4 members (excludes halogenated alkanes) is 2. The zero-order chi connectivity index (χ0) is 29.6. The minimum absolute atomic E-state index is 0.189. The van der Waals surface area contributed by atoms with Crippen LogP contribution in [0.1, 0.15) is 161 Å². The summed E-state index contributed by atoms with van der Waals surface area (Å²) in [7, 11) is 0. The molecular weight excluding hydrogens is 456 g/mol. The third-order valence-corrected chi connectivity index (χ3v) is 4.83. The van der Waals surface area contributed by atoms with E-state index >= 15 is 0 Å². The molecule has 220 valence electrons. The highest BCUT2D eigenvalue weighted by Gasteiger charge is 2.20. The van der Waals surface area contributed by atoms with Crippen molar-refractivity contribution in [1.82, 2.24) is 0 Å². The van der Waals surface area contributed by atoms with E-state index in [1.807, 2.05) is 55.4 Å². The lowest BCUT2D eigenvalue weighted by atomic mass is 10.0. The lowest BCUT2D eigenvalue weighted by Gasteiger charge is -2.23. The van der Waals surface area contributed by atoms with Gasteiger partial charge in [-0.25, -0.2) is 0 Å². The minimum Gasteiger partial charge on any atom is -0.460 e. The van der Waals surface area contributed by atoms with Gasteiger partial charge in [0.25, 0.3) is 0 Å². The van der Waals surface area contributed by atoms with Crippen LogP contribution in [-0.4, -0.2) is 44.6 Å². The zero-order valence-electron chi connectivity index (χ0n) is 26.6. The van der Waals surface area contributed by atoms with Gasteiger partial charge in [0.05, 0.1) is 11.2 Å². The second kappa shape index (κ2) is 21.9. The Morgan fingerprint density at radius 1 is 0.528 bits per heavy atom. The van der Waals surface area contributed by atoms with Gasteiger partial charge >= 0.3 is 11.9 Å². The Hall–Kier alpha value is -1.14. The van der Waals surface area contributed by atoms with Gasteiger partial charge in [-0.15, -0.1) is 0 Å². The number of carbonyl (C=O) groups is 2. The highest BCUT2D eigenvalue weighted by molar-refractivity contribution is 5.66. The topological polar surface area (TPSA) is 93.1 Å². The second-order valence-corrected chi connectivity index (χ2v) is 12.0. The Labute approximate surface area is 224 Å². The molecular formula is C30H64O6. The summed E-state index contributed by atoms with van der Waals surface area (Å²) in [6, 6.07) is 0. The number of ether oxygens (including phenoxy) is 2. The van der Waals surface area contributed by atoms with Crippen molar-refractivity contribution in [3.8, 4) is 0 Å². The van der Waals surface area contributed by atoms with Crippen LogP contribution in [0.4, 0.5) is 0 Å². The largest absolute Gasteiger partial charge is 0.460 e. The average molecular weight is 521 g/mol. The quantitative estimate of drug-likeness (QED) is 0.252. The molecule has 0 radical (unpaired) electrons. The van der Waals surface area contributed by atoms with Gasteiger partial charge in [-0.05, 0) is 87.5 Å². The molecule has 0 bridgehead atoms. The Morgan fingerprint density at radius 2 is 0.833 bits per heavy atom. The number of esters is 2. The number of hydrogen-bond donors (Lipinski definition) is 2. The molecule has 0 saturated heterocycles. The highest BCUT2D eigenvalue weighted by Crippen LogP contribution is 2.18. The number of aliphatic hydroxyl groups is 2. The lowest BCUT2D eigenvalue weighted by Crippen LogP contribution is -2.26. The molecule has 0 unspecified atom stereocenters. The Morgan fingerprint density at radius 3 is 1.03 bits per heavy atom. The van der Waals surface area contributed by atoms with E-state index in [0.717, 1.165) is 57.8 Å². The molecule has 6 nitrogen and oxygen atoms in total. The summed E-state index contributed by atoms with van der Waals surface area (Å²) in [6.45, 7) is 26.4. The summed E-state index contributed by atoms with van der Waals surface area (Å²) in [5.74, 6) is -0.385. The first kappa shape index (κ1) is 42.0. The SMILES string of the molecule is CCCC(C)(C)O.CCCC(C)(C)OC(C)=O.CCCCC(C)(C)O.CCCCC(C)(C)OC(C)=O. The van der Waals surface area contributed by atoms with Crippen LogP contribution in [0.2, 0.25) is 0 Å². The van der Waals surface area contributed by atoms with Gasteiger partial charge in [-0.3, -0.25) is 9.59 Å². The molecule has 0 aromatic heterocycles. The number of rotatable bonds is 12. The van der Waals surface area contributed by atoms with Crippen LogP contribution in [0, 0.1) is 0 Å². The normalized spacial score (nSPS) is 11.6. The first-order valence-electron chi connectivity index (χ1n) is 13.9. The van der Waals surface area contributed by atoms with E-state index in [2.05, 4.69) is 27.7 Å². The van der Waals surface area contributed by atoms with Crippen LogP contribution in [-0.2, 0) is 19.1 Å². The first-order valence-corrected chi connectivity index (χ1v) is 13.9. The highest BCUT2D eigenvalue weighted by atomic mass is 16.6. The van der Waals surface area contributed by atoms with Crippen molar-refractivity contribution in [2.45, 2.75) is 184 Å². The molecule has 0 amide bonds. The molecule has 0 spiro atoms. The van der Waals surface area contributed by atoms with Crippen molar-refractivity contribution >= 4 is 11.9 Å². The van der Waals surface area contributed by atoms with E-state index in [-0.39, 0.29) is 23.1 Å². The molecule has 0 rings (SSSR count). The van der Waals surface area contributed by atoms with Crippen LogP contribution in [0.3, 0.4) is 0 Å². The smallest absolute Gasteiger partial charge is 0.303 e. The lowest BCUT2D eigenvalue weighted by molar-refractivity contribution is -0.155. The maximum absolute atomic E-state index is 10.6. The number of hydrogen-bond acceptors (Lipinski definition) is 6.